The van der Waals surface area contributed by atoms with Gasteiger partial charge in [-0.2, -0.15) is 0 Å². The molecule has 1 saturated carbocycles. The van der Waals surface area contributed by atoms with Crippen LogP contribution in [0.25, 0.3) is 0 Å². The van der Waals surface area contributed by atoms with Gasteiger partial charge in [-0.05, 0) is 12.8 Å². The van der Waals surface area contributed by atoms with Crippen molar-refractivity contribution >= 4 is 11.7 Å². The second-order valence-electron chi connectivity index (χ2n) is 6.14. The molecule has 19 heavy (non-hydrogen) atoms. The molecular formula is C13H19F2NO3. The lowest BCUT2D eigenvalue weighted by Gasteiger charge is -2.27. The van der Waals surface area contributed by atoms with Crippen molar-refractivity contribution in [1.29, 1.82) is 0 Å². The van der Waals surface area contributed by atoms with Crippen LogP contribution in [0.15, 0.2) is 5.16 Å². The first kappa shape index (κ1) is 14.2. The van der Waals surface area contributed by atoms with E-state index >= 15 is 0 Å². The average Bonchev–Trinajstić information content (AvgIpc) is 2.82. The Morgan fingerprint density at radius 2 is 2.26 bits per heavy atom. The van der Waals surface area contributed by atoms with Crippen molar-refractivity contribution in [3.63, 3.8) is 0 Å². The van der Waals surface area contributed by atoms with Crippen LogP contribution in [0.1, 0.15) is 40.0 Å². The van der Waals surface area contributed by atoms with Gasteiger partial charge in [0, 0.05) is 11.8 Å². The molecule has 1 aliphatic heterocycles. The predicted octanol–water partition coefficient (Wildman–Crippen LogP) is 2.77. The number of carbonyl (C=O) groups excluding carboxylic acids is 1. The highest BCUT2D eigenvalue weighted by molar-refractivity contribution is 5.99. The van der Waals surface area contributed by atoms with Gasteiger partial charge in [0.2, 0.25) is 5.60 Å². The van der Waals surface area contributed by atoms with E-state index in [9.17, 15) is 13.6 Å². The third kappa shape index (κ3) is 2.44. The van der Waals surface area contributed by atoms with Crippen molar-refractivity contribution in [2.75, 3.05) is 6.61 Å². The van der Waals surface area contributed by atoms with Crippen molar-refractivity contribution in [3.05, 3.63) is 0 Å². The summed E-state index contributed by atoms with van der Waals surface area (Å²) in [6, 6.07) is 0. The first-order valence-electron chi connectivity index (χ1n) is 6.49. The molecule has 2 unspecified atom stereocenters. The van der Waals surface area contributed by atoms with E-state index in [4.69, 9.17) is 4.84 Å². The molecule has 0 amide bonds. The molecule has 0 saturated heterocycles. The quantitative estimate of drug-likeness (QED) is 0.744. The van der Waals surface area contributed by atoms with Crippen molar-refractivity contribution in [2.45, 2.75) is 52.1 Å². The van der Waals surface area contributed by atoms with E-state index in [2.05, 4.69) is 9.89 Å². The number of hydrogen-bond donors (Lipinski definition) is 0. The van der Waals surface area contributed by atoms with Crippen LogP contribution in [-0.4, -0.2) is 30.3 Å². The minimum Gasteiger partial charge on any atom is -0.457 e. The molecular weight excluding hydrogens is 256 g/mol. The normalized spacial score (nSPS) is 30.0. The Balaban J connectivity index is 2.14. The summed E-state index contributed by atoms with van der Waals surface area (Å²) >= 11 is 0. The molecule has 2 aliphatic rings. The molecule has 0 bridgehead atoms. The third-order valence-corrected chi connectivity index (χ3v) is 3.70. The summed E-state index contributed by atoms with van der Waals surface area (Å²) < 4.78 is 29.0. The molecule has 4 nitrogen and oxygen atoms in total. The fourth-order valence-electron chi connectivity index (χ4n) is 2.84. The van der Waals surface area contributed by atoms with E-state index in [0.717, 1.165) is 18.6 Å². The van der Waals surface area contributed by atoms with Gasteiger partial charge in [-0.3, -0.25) is 0 Å². The maximum Gasteiger partial charge on any atom is 0.354 e. The highest BCUT2D eigenvalue weighted by Crippen LogP contribution is 2.48. The van der Waals surface area contributed by atoms with E-state index in [1.807, 2.05) is 20.8 Å². The maximum absolute atomic E-state index is 12.1. The van der Waals surface area contributed by atoms with E-state index in [1.54, 1.807) is 0 Å². The second-order valence-corrected chi connectivity index (χ2v) is 6.14. The van der Waals surface area contributed by atoms with Crippen molar-refractivity contribution in [2.24, 2.45) is 16.5 Å². The Labute approximate surface area is 111 Å². The number of ether oxygens (including phenoxy) is 1. The van der Waals surface area contributed by atoms with Gasteiger partial charge < -0.3 is 9.57 Å². The maximum atomic E-state index is 12.1. The summed E-state index contributed by atoms with van der Waals surface area (Å²) in [5.41, 5.74) is -0.559. The first-order valence-corrected chi connectivity index (χ1v) is 6.49. The summed E-state index contributed by atoms with van der Waals surface area (Å²) in [6.45, 7) is 5.10. The van der Waals surface area contributed by atoms with Crippen LogP contribution in [0.2, 0.25) is 0 Å². The van der Waals surface area contributed by atoms with Crippen LogP contribution >= 0.6 is 0 Å². The van der Waals surface area contributed by atoms with Gasteiger partial charge >= 0.3 is 5.97 Å². The molecule has 0 N–H and O–H groups in total. The van der Waals surface area contributed by atoms with Gasteiger partial charge in [-0.25, -0.2) is 13.6 Å². The molecule has 0 radical (unpaired) electrons. The standard InChI is InChI=1S/C13H19F2NO3/c1-12(2,3)10-8-5-4-6-13(8,19-16-10)11(17)18-7-9(14)15/h8-9H,4-7H2,1-3H3. The Bertz CT molecular complexity index is 403. The molecule has 0 aromatic rings. The molecule has 1 aliphatic carbocycles. The Hall–Kier alpha value is -1.20. The average molecular weight is 275 g/mol. The zero-order chi connectivity index (χ0) is 14.3. The molecule has 2 atom stereocenters. The van der Waals surface area contributed by atoms with E-state index in [-0.39, 0.29) is 11.3 Å². The van der Waals surface area contributed by atoms with Crippen molar-refractivity contribution in [3.8, 4) is 0 Å². The summed E-state index contributed by atoms with van der Waals surface area (Å²) in [7, 11) is 0. The lowest BCUT2D eigenvalue weighted by Crippen LogP contribution is -2.46. The molecule has 6 heteroatoms. The molecule has 0 aromatic heterocycles. The largest absolute Gasteiger partial charge is 0.457 e. The van der Waals surface area contributed by atoms with E-state index in [0.29, 0.717) is 6.42 Å². The lowest BCUT2D eigenvalue weighted by molar-refractivity contribution is -0.175. The highest BCUT2D eigenvalue weighted by atomic mass is 19.3. The zero-order valence-corrected chi connectivity index (χ0v) is 11.4. The van der Waals surface area contributed by atoms with E-state index < -0.39 is 24.6 Å². The lowest BCUT2D eigenvalue weighted by atomic mass is 9.76. The summed E-state index contributed by atoms with van der Waals surface area (Å²) in [5.74, 6) is -0.865. The topological polar surface area (TPSA) is 47.9 Å². The van der Waals surface area contributed by atoms with Gasteiger partial charge in [-0.15, -0.1) is 0 Å². The van der Waals surface area contributed by atoms with Crippen LogP contribution in [0, 0.1) is 11.3 Å². The van der Waals surface area contributed by atoms with Gasteiger partial charge in [-0.1, -0.05) is 25.9 Å². The van der Waals surface area contributed by atoms with Crippen LogP contribution in [0.4, 0.5) is 8.78 Å². The highest BCUT2D eigenvalue weighted by Gasteiger charge is 2.60. The number of oxime groups is 1. The van der Waals surface area contributed by atoms with Gasteiger partial charge in [0.1, 0.15) is 0 Å². The first-order chi connectivity index (χ1) is 8.77. The number of rotatable bonds is 3. The third-order valence-electron chi connectivity index (χ3n) is 3.70. The minimum absolute atomic E-state index is 0.155. The van der Waals surface area contributed by atoms with Gasteiger partial charge in [0.25, 0.3) is 6.43 Å². The molecule has 0 aromatic carbocycles. The monoisotopic (exact) mass is 275 g/mol. The zero-order valence-electron chi connectivity index (χ0n) is 11.4. The fourth-order valence-corrected chi connectivity index (χ4v) is 2.84. The van der Waals surface area contributed by atoms with Crippen molar-refractivity contribution < 1.29 is 23.1 Å². The molecule has 108 valence electrons. The Morgan fingerprint density at radius 3 is 2.84 bits per heavy atom. The smallest absolute Gasteiger partial charge is 0.354 e. The number of hydrogen-bond acceptors (Lipinski definition) is 4. The van der Waals surface area contributed by atoms with Crippen molar-refractivity contribution in [1.82, 2.24) is 0 Å². The molecule has 0 spiro atoms. The number of nitrogens with zero attached hydrogens (tertiary/aromatic N) is 1. The number of alkyl halides is 2. The molecule has 1 heterocycles. The Kier molecular flexibility index (Phi) is 3.53. The fraction of sp³-hybridized carbons (Fsp3) is 0.846. The molecule has 2 rings (SSSR count). The number of carbonyl (C=O) groups is 1. The SMILES string of the molecule is CC(C)(C)C1=NOC2(C(=O)OCC(F)F)CCCC12. The van der Waals surface area contributed by atoms with Gasteiger partial charge in [0.05, 0.1) is 11.6 Å². The van der Waals surface area contributed by atoms with Crippen LogP contribution in [0.3, 0.4) is 0 Å². The second kappa shape index (κ2) is 4.72. The van der Waals surface area contributed by atoms with Crippen LogP contribution < -0.4 is 0 Å². The summed E-state index contributed by atoms with van der Waals surface area (Å²) in [6.07, 6.45) is -0.601. The summed E-state index contributed by atoms with van der Waals surface area (Å²) in [5, 5.41) is 4.04. The van der Waals surface area contributed by atoms with E-state index in [1.165, 1.54) is 0 Å². The number of halogens is 2. The summed E-state index contributed by atoms with van der Waals surface area (Å²) in [4.78, 5) is 17.4. The van der Waals surface area contributed by atoms with Gasteiger partial charge in [0.15, 0.2) is 6.61 Å². The van der Waals surface area contributed by atoms with Crippen LogP contribution in [0.5, 0.6) is 0 Å². The minimum atomic E-state index is -2.66. The Morgan fingerprint density at radius 1 is 1.58 bits per heavy atom. The number of fused-ring (bicyclic) bond motifs is 1. The van der Waals surface area contributed by atoms with Crippen LogP contribution in [-0.2, 0) is 14.4 Å². The molecule has 1 fully saturated rings. The number of esters is 1. The predicted molar refractivity (Wildman–Crippen MR) is 65.0 cm³/mol.